The third kappa shape index (κ3) is 6.11. The highest BCUT2D eigenvalue weighted by Gasteiger charge is 2.50. The van der Waals surface area contributed by atoms with Crippen LogP contribution in [0.25, 0.3) is 0 Å². The van der Waals surface area contributed by atoms with E-state index >= 15 is 0 Å². The molecule has 1 rings (SSSR count). The number of carbonyl (C=O) groups excluding carboxylic acids is 2. The van der Waals surface area contributed by atoms with Crippen molar-refractivity contribution in [3.63, 3.8) is 0 Å². The summed E-state index contributed by atoms with van der Waals surface area (Å²) in [6.45, 7) is 11.4. The summed E-state index contributed by atoms with van der Waals surface area (Å²) in [5, 5.41) is 2.68. The van der Waals surface area contributed by atoms with Crippen molar-refractivity contribution in [3.8, 4) is 0 Å². The molecule has 0 aromatic rings. The first-order chi connectivity index (χ1) is 11.5. The predicted octanol–water partition coefficient (Wildman–Crippen LogP) is 2.07. The number of hydrogen-bond acceptors (Lipinski definition) is 6. The van der Waals surface area contributed by atoms with Crippen LogP contribution in [0.15, 0.2) is 0 Å². The number of halogens is 1. The van der Waals surface area contributed by atoms with Gasteiger partial charge in [0.05, 0.1) is 17.8 Å². The number of nitrogens with one attached hydrogen (secondary N) is 1. The molecule has 1 aliphatic heterocycles. The minimum absolute atomic E-state index is 0. The zero-order valence-electron chi connectivity index (χ0n) is 16.8. The Kier molecular flexibility index (Phi) is 9.61. The molecule has 1 aliphatic rings. The molecule has 0 aliphatic carbocycles. The fourth-order valence-corrected chi connectivity index (χ4v) is 2.88. The minimum atomic E-state index is -1.17. The van der Waals surface area contributed by atoms with Crippen molar-refractivity contribution in [2.75, 3.05) is 13.2 Å². The fraction of sp³-hybridized carbons (Fsp3) is 0.882. The lowest BCUT2D eigenvalue weighted by Crippen LogP contribution is -2.59. The Morgan fingerprint density at radius 2 is 1.69 bits per heavy atom. The van der Waals surface area contributed by atoms with E-state index in [9.17, 15) is 9.59 Å². The van der Waals surface area contributed by atoms with Crippen LogP contribution < -0.4 is 11.1 Å². The van der Waals surface area contributed by atoms with Gasteiger partial charge >= 0.3 is 13.1 Å². The number of carbonyl (C=O) groups is 2. The van der Waals surface area contributed by atoms with Crippen LogP contribution in [0.1, 0.15) is 60.8 Å². The Morgan fingerprint density at radius 3 is 2.12 bits per heavy atom. The molecule has 0 radical (unpaired) electrons. The number of esters is 1. The van der Waals surface area contributed by atoms with Gasteiger partial charge in [0.1, 0.15) is 5.54 Å². The second-order valence-corrected chi connectivity index (χ2v) is 7.62. The summed E-state index contributed by atoms with van der Waals surface area (Å²) in [6, 6.07) is 0. The van der Waals surface area contributed by atoms with Gasteiger partial charge in [-0.2, -0.15) is 0 Å². The molecular weight excluding hydrogens is 358 g/mol. The first kappa shape index (κ1) is 25.2. The molecule has 1 heterocycles. The van der Waals surface area contributed by atoms with Crippen molar-refractivity contribution in [3.05, 3.63) is 0 Å². The fourth-order valence-electron chi connectivity index (χ4n) is 2.88. The lowest BCUT2D eigenvalue weighted by atomic mass is 9.80. The second kappa shape index (κ2) is 9.92. The molecule has 0 aromatic carbocycles. The molecular formula is C17H34BClN2O5. The van der Waals surface area contributed by atoms with Crippen molar-refractivity contribution < 1.29 is 23.6 Å². The van der Waals surface area contributed by atoms with Gasteiger partial charge in [0.25, 0.3) is 0 Å². The smallest absolute Gasteiger partial charge is 0.457 e. The van der Waals surface area contributed by atoms with E-state index in [0.717, 1.165) is 12.7 Å². The van der Waals surface area contributed by atoms with E-state index in [0.29, 0.717) is 12.8 Å². The Balaban J connectivity index is 0.00000625. The number of hydrogen-bond donors (Lipinski definition) is 2. The summed E-state index contributed by atoms with van der Waals surface area (Å²) in [6.07, 6.45) is 2.62. The highest BCUT2D eigenvalue weighted by atomic mass is 35.5. The first-order valence-corrected chi connectivity index (χ1v) is 9.01. The SMILES string of the molecule is CCOC(=O)C(CN)(CCCCB1OC(C)(C)C(C)(C)O1)NC(C)=O.Cl. The van der Waals surface area contributed by atoms with E-state index in [2.05, 4.69) is 5.32 Å². The summed E-state index contributed by atoms with van der Waals surface area (Å²) in [5.41, 5.74) is 3.93. The van der Waals surface area contributed by atoms with Crippen LogP contribution in [0.2, 0.25) is 6.32 Å². The van der Waals surface area contributed by atoms with Crippen molar-refractivity contribution in [1.82, 2.24) is 5.32 Å². The second-order valence-electron chi connectivity index (χ2n) is 7.62. The third-order valence-corrected chi connectivity index (χ3v) is 5.03. The molecule has 0 aromatic heterocycles. The quantitative estimate of drug-likeness (QED) is 0.354. The molecule has 9 heteroatoms. The molecule has 0 spiro atoms. The number of ether oxygens (including phenoxy) is 1. The van der Waals surface area contributed by atoms with Crippen molar-refractivity contribution in [1.29, 1.82) is 0 Å². The Hall–Kier alpha value is -0.825. The van der Waals surface area contributed by atoms with Gasteiger partial charge in [-0.05, 0) is 47.4 Å². The molecule has 152 valence electrons. The Labute approximate surface area is 163 Å². The normalized spacial score (nSPS) is 20.0. The van der Waals surface area contributed by atoms with Crippen molar-refractivity contribution in [2.45, 2.75) is 83.9 Å². The molecule has 7 nitrogen and oxygen atoms in total. The van der Waals surface area contributed by atoms with Gasteiger partial charge in [-0.3, -0.25) is 4.79 Å². The molecule has 1 amide bonds. The Bertz CT molecular complexity index is 474. The average molecular weight is 393 g/mol. The van der Waals surface area contributed by atoms with Gasteiger partial charge < -0.3 is 25.1 Å². The summed E-state index contributed by atoms with van der Waals surface area (Å²) in [5.74, 6) is -0.784. The predicted molar refractivity (Wildman–Crippen MR) is 104 cm³/mol. The third-order valence-electron chi connectivity index (χ3n) is 5.03. The average Bonchev–Trinajstić information content (AvgIpc) is 2.69. The number of amides is 1. The summed E-state index contributed by atoms with van der Waals surface area (Å²) < 4.78 is 17.0. The minimum Gasteiger partial charge on any atom is -0.464 e. The van der Waals surface area contributed by atoms with E-state index in [-0.39, 0.29) is 49.8 Å². The Morgan fingerprint density at radius 1 is 1.15 bits per heavy atom. The summed E-state index contributed by atoms with van der Waals surface area (Å²) >= 11 is 0. The topological polar surface area (TPSA) is 99.9 Å². The van der Waals surface area contributed by atoms with Crippen LogP contribution in [0.4, 0.5) is 0 Å². The van der Waals surface area contributed by atoms with E-state index in [1.807, 2.05) is 27.7 Å². The van der Waals surface area contributed by atoms with E-state index in [4.69, 9.17) is 19.8 Å². The van der Waals surface area contributed by atoms with E-state index < -0.39 is 11.5 Å². The van der Waals surface area contributed by atoms with Gasteiger partial charge in [0, 0.05) is 13.5 Å². The van der Waals surface area contributed by atoms with Crippen molar-refractivity contribution >= 4 is 31.4 Å². The zero-order valence-corrected chi connectivity index (χ0v) is 17.7. The van der Waals surface area contributed by atoms with Crippen molar-refractivity contribution in [2.24, 2.45) is 5.73 Å². The largest absolute Gasteiger partial charge is 0.464 e. The molecule has 1 fully saturated rings. The van der Waals surface area contributed by atoms with Crippen LogP contribution >= 0.6 is 12.4 Å². The molecule has 26 heavy (non-hydrogen) atoms. The van der Waals surface area contributed by atoms with Gasteiger partial charge in [-0.25, -0.2) is 4.79 Å². The van der Waals surface area contributed by atoms with Crippen LogP contribution in [0, 0.1) is 0 Å². The highest BCUT2D eigenvalue weighted by molar-refractivity contribution is 6.45. The lowest BCUT2D eigenvalue weighted by Gasteiger charge is -2.32. The number of nitrogens with two attached hydrogens (primary N) is 1. The molecule has 1 atom stereocenters. The molecule has 3 N–H and O–H groups in total. The maximum atomic E-state index is 12.3. The summed E-state index contributed by atoms with van der Waals surface area (Å²) in [7, 11) is -0.263. The molecule has 0 bridgehead atoms. The highest BCUT2D eigenvalue weighted by Crippen LogP contribution is 2.38. The maximum Gasteiger partial charge on any atom is 0.457 e. The van der Waals surface area contributed by atoms with Gasteiger partial charge in [0.2, 0.25) is 5.91 Å². The maximum absolute atomic E-state index is 12.3. The van der Waals surface area contributed by atoms with Gasteiger partial charge in [-0.1, -0.05) is 12.8 Å². The molecule has 0 saturated carbocycles. The monoisotopic (exact) mass is 392 g/mol. The number of unbranched alkanes of at least 4 members (excludes halogenated alkanes) is 1. The molecule has 1 saturated heterocycles. The van der Waals surface area contributed by atoms with Crippen LogP contribution in [-0.2, 0) is 23.6 Å². The number of rotatable bonds is 9. The van der Waals surface area contributed by atoms with Gasteiger partial charge in [-0.15, -0.1) is 12.4 Å². The van der Waals surface area contributed by atoms with Crippen LogP contribution in [0.3, 0.4) is 0 Å². The zero-order chi connectivity index (χ0) is 19.3. The standard InChI is InChI=1S/C17H33BN2O5.ClH/c1-7-23-14(22)17(12-19,20-13(2)21)10-8-9-11-18-24-15(3,4)16(5,6)25-18;/h7-12,19H2,1-6H3,(H,20,21);1H. The van der Waals surface area contributed by atoms with Crippen LogP contribution in [0.5, 0.6) is 0 Å². The lowest BCUT2D eigenvalue weighted by molar-refractivity contribution is -0.153. The van der Waals surface area contributed by atoms with Gasteiger partial charge in [0.15, 0.2) is 0 Å². The van der Waals surface area contributed by atoms with Crippen LogP contribution in [-0.4, -0.2) is 48.9 Å². The molecule has 1 unspecified atom stereocenters. The summed E-state index contributed by atoms with van der Waals surface area (Å²) in [4.78, 5) is 23.8. The first-order valence-electron chi connectivity index (χ1n) is 9.01. The van der Waals surface area contributed by atoms with E-state index in [1.165, 1.54) is 6.92 Å². The van der Waals surface area contributed by atoms with E-state index in [1.54, 1.807) is 6.92 Å².